The number of carbonyl (C=O) groups excluding carboxylic acids is 1. The van der Waals surface area contributed by atoms with Gasteiger partial charge in [0.25, 0.3) is 5.69 Å². The Morgan fingerprint density at radius 3 is 2.70 bits per heavy atom. The van der Waals surface area contributed by atoms with Gasteiger partial charge in [-0.05, 0) is 19.1 Å². The van der Waals surface area contributed by atoms with Gasteiger partial charge in [-0.3, -0.25) is 14.9 Å². The van der Waals surface area contributed by atoms with Gasteiger partial charge in [-0.25, -0.2) is 4.98 Å². The predicted octanol–water partition coefficient (Wildman–Crippen LogP) is 3.56. The number of hydrogen-bond donors (Lipinski definition) is 0. The minimum Gasteiger partial charge on any atom is -0.437 e. The lowest BCUT2D eigenvalue weighted by molar-refractivity contribution is -0.384. The molecule has 0 aliphatic heterocycles. The van der Waals surface area contributed by atoms with Crippen LogP contribution in [0, 0.1) is 17.0 Å². The van der Waals surface area contributed by atoms with Crippen molar-refractivity contribution >= 4 is 23.6 Å². The monoisotopic (exact) mass is 292 g/mol. The van der Waals surface area contributed by atoms with Crippen LogP contribution >= 0.6 is 11.6 Å². The van der Waals surface area contributed by atoms with Crippen molar-refractivity contribution in [3.63, 3.8) is 0 Å². The number of halogens is 1. The number of aromatic nitrogens is 1. The van der Waals surface area contributed by atoms with Crippen molar-refractivity contribution in [2.24, 2.45) is 0 Å². The third-order valence-corrected chi connectivity index (χ3v) is 2.82. The molecule has 0 spiro atoms. The molecule has 0 unspecified atom stereocenters. The smallest absolute Gasteiger partial charge is 0.271 e. The summed E-state index contributed by atoms with van der Waals surface area (Å²) in [6.45, 7) is 1.73. The van der Waals surface area contributed by atoms with Crippen molar-refractivity contribution < 1.29 is 14.5 Å². The van der Waals surface area contributed by atoms with Crippen LogP contribution in [0.5, 0.6) is 11.6 Å². The number of hydrogen-bond acceptors (Lipinski definition) is 5. The molecule has 0 saturated carbocycles. The van der Waals surface area contributed by atoms with E-state index >= 15 is 0 Å². The van der Waals surface area contributed by atoms with E-state index in [2.05, 4.69) is 4.98 Å². The molecular formula is C13H9ClN2O4. The van der Waals surface area contributed by atoms with Crippen LogP contribution in [0.4, 0.5) is 5.69 Å². The lowest BCUT2D eigenvalue weighted by Gasteiger charge is -2.09. The minimum absolute atomic E-state index is 0.111. The maximum Gasteiger partial charge on any atom is 0.271 e. The maximum absolute atomic E-state index is 10.6. The molecule has 1 heterocycles. The minimum atomic E-state index is -0.544. The molecular weight excluding hydrogens is 284 g/mol. The van der Waals surface area contributed by atoms with Gasteiger partial charge in [-0.2, -0.15) is 0 Å². The highest BCUT2D eigenvalue weighted by atomic mass is 35.5. The van der Waals surface area contributed by atoms with Crippen LogP contribution in [0.15, 0.2) is 30.5 Å². The van der Waals surface area contributed by atoms with Crippen molar-refractivity contribution in [3.8, 4) is 11.6 Å². The van der Waals surface area contributed by atoms with Crippen molar-refractivity contribution in [2.45, 2.75) is 6.92 Å². The fraction of sp³-hybridized carbons (Fsp3) is 0.0769. The van der Waals surface area contributed by atoms with Crippen LogP contribution < -0.4 is 4.74 Å². The highest BCUT2D eigenvalue weighted by molar-refractivity contribution is 6.32. The molecule has 6 nitrogen and oxygen atoms in total. The average Bonchev–Trinajstić information content (AvgIpc) is 2.42. The number of carbonyl (C=O) groups is 1. The number of aldehydes is 1. The molecule has 102 valence electrons. The van der Waals surface area contributed by atoms with Gasteiger partial charge >= 0.3 is 0 Å². The normalized spacial score (nSPS) is 10.1. The molecule has 0 N–H and O–H groups in total. The Balaban J connectivity index is 2.30. The molecule has 1 aromatic carbocycles. The average molecular weight is 293 g/mol. The van der Waals surface area contributed by atoms with Gasteiger partial charge in [0.2, 0.25) is 5.88 Å². The van der Waals surface area contributed by atoms with Crippen molar-refractivity contribution in [1.82, 2.24) is 4.98 Å². The summed E-state index contributed by atoms with van der Waals surface area (Å²) in [6, 6.07) is 5.51. The maximum atomic E-state index is 10.6. The van der Waals surface area contributed by atoms with Gasteiger partial charge in [0, 0.05) is 29.5 Å². The molecule has 7 heteroatoms. The zero-order valence-electron chi connectivity index (χ0n) is 10.4. The van der Waals surface area contributed by atoms with E-state index in [4.69, 9.17) is 16.3 Å². The van der Waals surface area contributed by atoms with Gasteiger partial charge in [0.1, 0.15) is 5.75 Å². The Hall–Kier alpha value is -2.47. The number of ether oxygens (including phenoxy) is 1. The van der Waals surface area contributed by atoms with Gasteiger partial charge < -0.3 is 4.74 Å². The first-order valence-electron chi connectivity index (χ1n) is 5.55. The Labute approximate surface area is 119 Å². The second-order valence-electron chi connectivity index (χ2n) is 3.98. The largest absolute Gasteiger partial charge is 0.437 e. The molecule has 0 amide bonds. The third-order valence-electron chi connectivity index (χ3n) is 2.52. The van der Waals surface area contributed by atoms with E-state index in [0.29, 0.717) is 17.4 Å². The number of nitro benzene ring substituents is 1. The van der Waals surface area contributed by atoms with Crippen LogP contribution in [-0.2, 0) is 0 Å². The zero-order valence-corrected chi connectivity index (χ0v) is 11.1. The Morgan fingerprint density at radius 1 is 1.40 bits per heavy atom. The molecule has 0 saturated heterocycles. The second kappa shape index (κ2) is 5.66. The van der Waals surface area contributed by atoms with E-state index in [0.717, 1.165) is 0 Å². The summed E-state index contributed by atoms with van der Waals surface area (Å²) in [6.07, 6.45) is 2.05. The van der Waals surface area contributed by atoms with Crippen LogP contribution in [0.25, 0.3) is 0 Å². The number of aryl methyl sites for hydroxylation is 1. The number of nitro groups is 1. The zero-order chi connectivity index (χ0) is 14.7. The van der Waals surface area contributed by atoms with Gasteiger partial charge in [-0.15, -0.1) is 0 Å². The second-order valence-corrected chi connectivity index (χ2v) is 4.39. The molecule has 1 aromatic heterocycles. The Morgan fingerprint density at radius 2 is 2.15 bits per heavy atom. The molecule has 2 aromatic rings. The van der Waals surface area contributed by atoms with Crippen LogP contribution in [0.1, 0.15) is 15.9 Å². The first-order valence-corrected chi connectivity index (χ1v) is 5.92. The molecule has 0 radical (unpaired) electrons. The van der Waals surface area contributed by atoms with Crippen LogP contribution in [0.3, 0.4) is 0 Å². The number of rotatable bonds is 4. The Kier molecular flexibility index (Phi) is 3.95. The summed E-state index contributed by atoms with van der Waals surface area (Å²) in [5.41, 5.74) is 0.969. The SMILES string of the molecule is Cc1cc(C=O)cnc1Oc1ccc([N+](=O)[O-])cc1Cl. The number of benzene rings is 1. The molecule has 0 fully saturated rings. The van der Waals surface area contributed by atoms with E-state index in [-0.39, 0.29) is 22.3 Å². The standard InChI is InChI=1S/C13H9ClN2O4/c1-8-4-9(7-17)6-15-13(8)20-12-3-2-10(16(18)19)5-11(12)14/h2-7H,1H3. The van der Waals surface area contributed by atoms with Crippen LogP contribution in [-0.4, -0.2) is 16.2 Å². The van der Waals surface area contributed by atoms with E-state index in [1.807, 2.05) is 0 Å². The fourth-order valence-corrected chi connectivity index (χ4v) is 1.76. The molecule has 2 rings (SSSR count). The predicted molar refractivity (Wildman–Crippen MR) is 72.5 cm³/mol. The highest BCUT2D eigenvalue weighted by Gasteiger charge is 2.12. The number of nitrogens with zero attached hydrogens (tertiary/aromatic N) is 2. The van der Waals surface area contributed by atoms with E-state index in [1.54, 1.807) is 13.0 Å². The molecule has 0 aliphatic carbocycles. The van der Waals surface area contributed by atoms with E-state index in [9.17, 15) is 14.9 Å². The van der Waals surface area contributed by atoms with Gasteiger partial charge in [-0.1, -0.05) is 11.6 Å². The number of pyridine rings is 1. The van der Waals surface area contributed by atoms with Gasteiger partial charge in [0.05, 0.1) is 9.95 Å². The summed E-state index contributed by atoms with van der Waals surface area (Å²) < 4.78 is 5.49. The molecule has 20 heavy (non-hydrogen) atoms. The summed E-state index contributed by atoms with van der Waals surface area (Å²) in [7, 11) is 0. The highest BCUT2D eigenvalue weighted by Crippen LogP contribution is 2.32. The summed E-state index contributed by atoms with van der Waals surface area (Å²) in [4.78, 5) is 24.7. The van der Waals surface area contributed by atoms with E-state index < -0.39 is 4.92 Å². The van der Waals surface area contributed by atoms with E-state index in [1.165, 1.54) is 24.4 Å². The summed E-state index contributed by atoms with van der Waals surface area (Å²) >= 11 is 5.92. The quantitative estimate of drug-likeness (QED) is 0.489. The molecule has 0 bridgehead atoms. The van der Waals surface area contributed by atoms with Crippen molar-refractivity contribution in [1.29, 1.82) is 0 Å². The fourth-order valence-electron chi connectivity index (χ4n) is 1.55. The van der Waals surface area contributed by atoms with Gasteiger partial charge in [0.15, 0.2) is 6.29 Å². The summed E-state index contributed by atoms with van der Waals surface area (Å²) in [5.74, 6) is 0.540. The first-order chi connectivity index (χ1) is 9.51. The third kappa shape index (κ3) is 2.92. The van der Waals surface area contributed by atoms with Crippen molar-refractivity contribution in [3.05, 3.63) is 56.7 Å². The first kappa shape index (κ1) is 14.0. The lowest BCUT2D eigenvalue weighted by atomic mass is 10.2. The molecule has 0 aliphatic rings. The van der Waals surface area contributed by atoms with Crippen molar-refractivity contribution in [2.75, 3.05) is 0 Å². The summed E-state index contributed by atoms with van der Waals surface area (Å²) in [5, 5.41) is 10.7. The van der Waals surface area contributed by atoms with Crippen LogP contribution in [0.2, 0.25) is 5.02 Å². The number of non-ortho nitro benzene ring substituents is 1. The Bertz CT molecular complexity index is 688. The lowest BCUT2D eigenvalue weighted by Crippen LogP contribution is -1.95. The topological polar surface area (TPSA) is 82.3 Å². The molecule has 0 atom stereocenters.